The Morgan fingerprint density at radius 3 is 2.57 bits per heavy atom. The average molecular weight is 376 g/mol. The van der Waals surface area contributed by atoms with E-state index < -0.39 is 0 Å². The van der Waals surface area contributed by atoms with Crippen LogP contribution in [0.4, 0.5) is 0 Å². The Morgan fingerprint density at radius 2 is 1.91 bits per heavy atom. The molecular weight excluding hydrogens is 354 g/mol. The Bertz CT molecular complexity index is 641. The molecule has 0 aliphatic carbocycles. The van der Waals surface area contributed by atoms with Gasteiger partial charge in [0.15, 0.2) is 6.61 Å². The maximum atomic E-state index is 11.8. The molecule has 4 heteroatoms. The smallest absolute Gasteiger partial charge is 0.257 e. The van der Waals surface area contributed by atoms with Crippen LogP contribution in [0.5, 0.6) is 5.75 Å². The summed E-state index contributed by atoms with van der Waals surface area (Å²) in [5.41, 5.74) is 2.44. The fourth-order valence-electron chi connectivity index (χ4n) is 2.18. The summed E-state index contributed by atoms with van der Waals surface area (Å²) >= 11 is 3.49. The molecule has 0 unspecified atom stereocenters. The summed E-state index contributed by atoms with van der Waals surface area (Å²) in [5, 5.41) is 2.87. The van der Waals surface area contributed by atoms with Crippen LogP contribution in [0.2, 0.25) is 0 Å². The van der Waals surface area contributed by atoms with Crippen LogP contribution >= 0.6 is 15.9 Å². The lowest BCUT2D eigenvalue weighted by Crippen LogP contribution is -2.30. The van der Waals surface area contributed by atoms with Crippen LogP contribution in [0.15, 0.2) is 53.0 Å². The van der Waals surface area contributed by atoms with E-state index in [4.69, 9.17) is 4.74 Å². The van der Waals surface area contributed by atoms with E-state index in [9.17, 15) is 4.79 Å². The number of rotatable bonds is 7. The number of hydrogen-bond acceptors (Lipinski definition) is 2. The summed E-state index contributed by atoms with van der Waals surface area (Å²) in [6.07, 6.45) is 0.819. The van der Waals surface area contributed by atoms with Gasteiger partial charge in [0.25, 0.3) is 5.91 Å². The molecule has 0 aromatic heterocycles. The number of amides is 1. The zero-order valence-corrected chi connectivity index (χ0v) is 15.1. The van der Waals surface area contributed by atoms with Gasteiger partial charge in [-0.3, -0.25) is 4.79 Å². The molecule has 3 nitrogen and oxygen atoms in total. The lowest BCUT2D eigenvalue weighted by Gasteiger charge is -2.11. The third kappa shape index (κ3) is 5.71. The molecular formula is C19H22BrNO2. The van der Waals surface area contributed by atoms with Crippen LogP contribution in [0, 0.1) is 0 Å². The third-order valence-corrected chi connectivity index (χ3v) is 4.18. The van der Waals surface area contributed by atoms with Gasteiger partial charge in [-0.05, 0) is 51.5 Å². The summed E-state index contributed by atoms with van der Waals surface area (Å²) in [7, 11) is 0. The fraction of sp³-hybridized carbons (Fsp3) is 0.316. The second-order valence-electron chi connectivity index (χ2n) is 5.72. The van der Waals surface area contributed by atoms with E-state index in [0.717, 1.165) is 10.9 Å². The summed E-state index contributed by atoms with van der Waals surface area (Å²) in [5.74, 6) is 1.04. The van der Waals surface area contributed by atoms with Crippen molar-refractivity contribution in [2.75, 3.05) is 13.2 Å². The van der Waals surface area contributed by atoms with E-state index >= 15 is 0 Å². The Labute approximate surface area is 146 Å². The first-order chi connectivity index (χ1) is 11.1. The third-order valence-electron chi connectivity index (χ3n) is 3.56. The van der Waals surface area contributed by atoms with Crippen LogP contribution in [-0.2, 0) is 11.2 Å². The summed E-state index contributed by atoms with van der Waals surface area (Å²) in [6, 6.07) is 16.0. The quantitative estimate of drug-likeness (QED) is 0.782. The molecule has 1 N–H and O–H groups in total. The first kappa shape index (κ1) is 17.5. The molecule has 2 aromatic carbocycles. The fourth-order valence-corrected chi connectivity index (χ4v) is 2.69. The SMILES string of the molecule is CC(C)c1ccc(OCC(=O)NCCc2ccccc2)c(Br)c1. The molecule has 0 bridgehead atoms. The van der Waals surface area contributed by atoms with E-state index in [2.05, 4.69) is 47.2 Å². The molecule has 2 aromatic rings. The van der Waals surface area contributed by atoms with Crippen molar-refractivity contribution in [2.45, 2.75) is 26.2 Å². The largest absolute Gasteiger partial charge is 0.483 e. The van der Waals surface area contributed by atoms with Gasteiger partial charge in [-0.25, -0.2) is 0 Å². The van der Waals surface area contributed by atoms with Gasteiger partial charge in [-0.15, -0.1) is 0 Å². The molecule has 0 aliphatic rings. The average Bonchev–Trinajstić information content (AvgIpc) is 2.54. The molecule has 23 heavy (non-hydrogen) atoms. The molecule has 1 amide bonds. The predicted molar refractivity (Wildman–Crippen MR) is 96.9 cm³/mol. The number of carbonyl (C=O) groups is 1. The minimum absolute atomic E-state index is 0.0222. The lowest BCUT2D eigenvalue weighted by molar-refractivity contribution is -0.123. The van der Waals surface area contributed by atoms with Crippen molar-refractivity contribution in [3.05, 3.63) is 64.1 Å². The van der Waals surface area contributed by atoms with Crippen LogP contribution in [0.25, 0.3) is 0 Å². The van der Waals surface area contributed by atoms with Crippen molar-refractivity contribution >= 4 is 21.8 Å². The highest BCUT2D eigenvalue weighted by Gasteiger charge is 2.08. The predicted octanol–water partition coefficient (Wildman–Crippen LogP) is 4.31. The maximum absolute atomic E-state index is 11.8. The Kier molecular flexibility index (Phi) is 6.66. The number of nitrogens with one attached hydrogen (secondary N) is 1. The van der Waals surface area contributed by atoms with Crippen LogP contribution < -0.4 is 10.1 Å². The Hall–Kier alpha value is -1.81. The highest BCUT2D eigenvalue weighted by molar-refractivity contribution is 9.10. The van der Waals surface area contributed by atoms with E-state index in [1.165, 1.54) is 11.1 Å². The van der Waals surface area contributed by atoms with E-state index in [-0.39, 0.29) is 12.5 Å². The monoisotopic (exact) mass is 375 g/mol. The van der Waals surface area contributed by atoms with Crippen molar-refractivity contribution in [1.29, 1.82) is 0 Å². The standard InChI is InChI=1S/C19H22BrNO2/c1-14(2)16-8-9-18(17(20)12-16)23-13-19(22)21-11-10-15-6-4-3-5-7-15/h3-9,12,14H,10-11,13H2,1-2H3,(H,21,22). The first-order valence-corrected chi connectivity index (χ1v) is 8.58. The van der Waals surface area contributed by atoms with Gasteiger partial charge >= 0.3 is 0 Å². The molecule has 0 fully saturated rings. The Balaban J connectivity index is 1.76. The second kappa shape index (κ2) is 8.73. The maximum Gasteiger partial charge on any atom is 0.257 e. The highest BCUT2D eigenvalue weighted by Crippen LogP contribution is 2.28. The number of halogens is 1. The number of benzene rings is 2. The van der Waals surface area contributed by atoms with Gasteiger partial charge in [0.1, 0.15) is 5.75 Å². The van der Waals surface area contributed by atoms with Gasteiger partial charge in [-0.2, -0.15) is 0 Å². The van der Waals surface area contributed by atoms with Crippen molar-refractivity contribution in [3.8, 4) is 5.75 Å². The highest BCUT2D eigenvalue weighted by atomic mass is 79.9. The minimum atomic E-state index is -0.110. The molecule has 0 saturated carbocycles. The summed E-state index contributed by atoms with van der Waals surface area (Å²) in [4.78, 5) is 11.8. The molecule has 0 saturated heterocycles. The van der Waals surface area contributed by atoms with Crippen molar-refractivity contribution in [2.24, 2.45) is 0 Å². The molecule has 0 heterocycles. The van der Waals surface area contributed by atoms with Crippen LogP contribution in [0.1, 0.15) is 30.9 Å². The molecule has 122 valence electrons. The number of ether oxygens (including phenoxy) is 1. The molecule has 0 spiro atoms. The summed E-state index contributed by atoms with van der Waals surface area (Å²) < 4.78 is 6.45. The zero-order valence-electron chi connectivity index (χ0n) is 13.5. The van der Waals surface area contributed by atoms with Gasteiger partial charge in [0, 0.05) is 6.54 Å². The summed E-state index contributed by atoms with van der Waals surface area (Å²) in [6.45, 7) is 4.92. The molecule has 0 aliphatic heterocycles. The topological polar surface area (TPSA) is 38.3 Å². The van der Waals surface area contributed by atoms with E-state index in [1.807, 2.05) is 36.4 Å². The van der Waals surface area contributed by atoms with E-state index in [0.29, 0.717) is 18.2 Å². The van der Waals surface area contributed by atoms with Crippen LogP contribution in [-0.4, -0.2) is 19.1 Å². The van der Waals surface area contributed by atoms with Gasteiger partial charge in [0.2, 0.25) is 0 Å². The number of carbonyl (C=O) groups excluding carboxylic acids is 1. The zero-order chi connectivity index (χ0) is 16.7. The van der Waals surface area contributed by atoms with Crippen molar-refractivity contribution < 1.29 is 9.53 Å². The first-order valence-electron chi connectivity index (χ1n) is 7.79. The van der Waals surface area contributed by atoms with E-state index in [1.54, 1.807) is 0 Å². The van der Waals surface area contributed by atoms with Crippen LogP contribution in [0.3, 0.4) is 0 Å². The van der Waals surface area contributed by atoms with Gasteiger partial charge < -0.3 is 10.1 Å². The van der Waals surface area contributed by atoms with Crippen molar-refractivity contribution in [3.63, 3.8) is 0 Å². The second-order valence-corrected chi connectivity index (χ2v) is 6.57. The van der Waals surface area contributed by atoms with Crippen molar-refractivity contribution in [1.82, 2.24) is 5.32 Å². The number of hydrogen-bond donors (Lipinski definition) is 1. The molecule has 0 atom stereocenters. The normalized spacial score (nSPS) is 10.6. The van der Waals surface area contributed by atoms with Gasteiger partial charge in [0.05, 0.1) is 4.47 Å². The Morgan fingerprint density at radius 1 is 1.17 bits per heavy atom. The molecule has 0 radical (unpaired) electrons. The lowest BCUT2D eigenvalue weighted by atomic mass is 10.0. The van der Waals surface area contributed by atoms with Gasteiger partial charge in [-0.1, -0.05) is 50.2 Å². The molecule has 2 rings (SSSR count). The minimum Gasteiger partial charge on any atom is -0.483 e.